The molecule has 1 aliphatic carbocycles. The van der Waals surface area contributed by atoms with Gasteiger partial charge in [-0.3, -0.25) is 0 Å². The lowest BCUT2D eigenvalue weighted by atomic mass is 9.93. The van der Waals surface area contributed by atoms with E-state index in [0.717, 1.165) is 18.9 Å². The minimum absolute atomic E-state index is 0.298. The van der Waals surface area contributed by atoms with Gasteiger partial charge in [-0.25, -0.2) is 4.79 Å². The maximum absolute atomic E-state index is 12.8. The van der Waals surface area contributed by atoms with Crippen LogP contribution in [0.25, 0.3) is 0 Å². The molecule has 2 atom stereocenters. The Bertz CT molecular complexity index is 505. The highest BCUT2D eigenvalue weighted by molar-refractivity contribution is 5.90. The maximum atomic E-state index is 12.8. The molecule has 1 fully saturated rings. The Morgan fingerprint density at radius 3 is 2.52 bits per heavy atom. The summed E-state index contributed by atoms with van der Waals surface area (Å²) >= 11 is 0. The molecule has 1 aromatic carbocycles. The summed E-state index contributed by atoms with van der Waals surface area (Å²) < 4.78 is 38.4. The molecule has 2 rings (SSSR count). The van der Waals surface area contributed by atoms with Crippen LogP contribution in [0, 0.1) is 0 Å². The van der Waals surface area contributed by atoms with Gasteiger partial charge in [0.15, 0.2) is 0 Å². The zero-order valence-corrected chi connectivity index (χ0v) is 11.3. The predicted molar refractivity (Wildman–Crippen MR) is 71.9 cm³/mol. The third-order valence-electron chi connectivity index (χ3n) is 3.53. The first-order valence-electron chi connectivity index (χ1n) is 6.80. The second-order valence-corrected chi connectivity index (χ2v) is 5.10. The smallest absolute Gasteiger partial charge is 0.391 e. The summed E-state index contributed by atoms with van der Waals surface area (Å²) in [5.41, 5.74) is -1.20. The van der Waals surface area contributed by atoms with Crippen molar-refractivity contribution in [3.8, 4) is 0 Å². The van der Waals surface area contributed by atoms with Crippen molar-refractivity contribution in [2.24, 2.45) is 0 Å². The van der Waals surface area contributed by atoms with Crippen molar-refractivity contribution in [2.45, 2.75) is 44.0 Å². The van der Waals surface area contributed by atoms with Crippen LogP contribution in [0.4, 0.5) is 23.7 Å². The first kappa shape index (κ1) is 15.6. The van der Waals surface area contributed by atoms with E-state index in [1.54, 1.807) is 0 Å². The summed E-state index contributed by atoms with van der Waals surface area (Å²) in [4.78, 5) is 11.8. The van der Waals surface area contributed by atoms with Gasteiger partial charge in [-0.2, -0.15) is 13.2 Å². The number of benzene rings is 1. The molecule has 0 unspecified atom stereocenters. The van der Waals surface area contributed by atoms with Crippen LogP contribution in [0.2, 0.25) is 0 Å². The molecular weight excluding hydrogens is 285 g/mol. The molecule has 3 N–H and O–H groups in total. The van der Waals surface area contributed by atoms with Crippen molar-refractivity contribution >= 4 is 11.7 Å². The first-order valence-corrected chi connectivity index (χ1v) is 6.80. The van der Waals surface area contributed by atoms with Crippen LogP contribution in [0.15, 0.2) is 24.3 Å². The van der Waals surface area contributed by atoms with E-state index in [4.69, 9.17) is 0 Å². The number of halogens is 3. The number of aliphatic hydroxyl groups is 1. The Morgan fingerprint density at radius 1 is 1.19 bits per heavy atom. The summed E-state index contributed by atoms with van der Waals surface area (Å²) in [7, 11) is 0. The number of rotatable bonds is 2. The van der Waals surface area contributed by atoms with Gasteiger partial charge in [0.2, 0.25) is 0 Å². The number of anilines is 1. The van der Waals surface area contributed by atoms with Gasteiger partial charge in [-0.1, -0.05) is 25.0 Å². The van der Waals surface area contributed by atoms with Crippen LogP contribution >= 0.6 is 0 Å². The highest BCUT2D eigenvalue weighted by Gasteiger charge is 2.34. The molecule has 21 heavy (non-hydrogen) atoms. The molecule has 4 nitrogen and oxygen atoms in total. The lowest BCUT2D eigenvalue weighted by Crippen LogP contribution is -2.46. The highest BCUT2D eigenvalue weighted by Crippen LogP contribution is 2.34. The summed E-state index contributed by atoms with van der Waals surface area (Å²) in [6.07, 6.45) is -2.21. The van der Waals surface area contributed by atoms with Gasteiger partial charge in [0.25, 0.3) is 0 Å². The number of hydrogen-bond acceptors (Lipinski definition) is 2. The number of amides is 2. The van der Waals surface area contributed by atoms with Gasteiger partial charge in [-0.15, -0.1) is 0 Å². The summed E-state index contributed by atoms with van der Waals surface area (Å²) in [5.74, 6) is 0. The Hall–Kier alpha value is -1.76. The molecule has 116 valence electrons. The standard InChI is InChI=1S/C14H17F3N2O2/c15-14(16,17)9-5-1-2-6-10(9)18-13(21)19-11-7-3-4-8-12(11)20/h1-2,5-6,11-12,20H,3-4,7-8H2,(H2,18,19,21)/t11-,12-/m0/s1. The van der Waals surface area contributed by atoms with Crippen molar-refractivity contribution in [3.05, 3.63) is 29.8 Å². The number of carbonyl (C=O) groups is 1. The molecule has 0 aliphatic heterocycles. The first-order chi connectivity index (χ1) is 9.88. The van der Waals surface area contributed by atoms with Crippen LogP contribution in [0.3, 0.4) is 0 Å². The fourth-order valence-corrected chi connectivity index (χ4v) is 2.45. The van der Waals surface area contributed by atoms with E-state index in [-0.39, 0.29) is 5.69 Å². The van der Waals surface area contributed by atoms with Gasteiger partial charge in [-0.05, 0) is 25.0 Å². The molecule has 0 bridgehead atoms. The average molecular weight is 302 g/mol. The summed E-state index contributed by atoms with van der Waals surface area (Å²) in [5, 5.41) is 14.5. The molecule has 2 amide bonds. The predicted octanol–water partition coefficient (Wildman–Crippen LogP) is 3.13. The van der Waals surface area contributed by atoms with Gasteiger partial charge >= 0.3 is 12.2 Å². The Balaban J connectivity index is 2.03. The molecule has 1 saturated carbocycles. The number of alkyl halides is 3. The van der Waals surface area contributed by atoms with Gasteiger partial charge in [0, 0.05) is 0 Å². The highest BCUT2D eigenvalue weighted by atomic mass is 19.4. The Labute approximate surface area is 120 Å². The molecular formula is C14H17F3N2O2. The number of hydrogen-bond donors (Lipinski definition) is 3. The monoisotopic (exact) mass is 302 g/mol. The molecule has 0 saturated heterocycles. The Kier molecular flexibility index (Phi) is 4.72. The lowest BCUT2D eigenvalue weighted by molar-refractivity contribution is -0.136. The second-order valence-electron chi connectivity index (χ2n) is 5.10. The maximum Gasteiger partial charge on any atom is 0.418 e. The van der Waals surface area contributed by atoms with Crippen molar-refractivity contribution in [1.29, 1.82) is 0 Å². The zero-order valence-electron chi connectivity index (χ0n) is 11.3. The normalized spacial score (nSPS) is 22.7. The summed E-state index contributed by atoms with van der Waals surface area (Å²) in [6, 6.07) is 3.62. The zero-order chi connectivity index (χ0) is 15.5. The minimum atomic E-state index is -4.53. The van der Waals surface area contributed by atoms with E-state index in [2.05, 4.69) is 10.6 Å². The second kappa shape index (κ2) is 6.34. The molecule has 0 radical (unpaired) electrons. The molecule has 1 aliphatic rings. The number of para-hydroxylation sites is 1. The van der Waals surface area contributed by atoms with E-state index < -0.39 is 29.9 Å². The van der Waals surface area contributed by atoms with Crippen LogP contribution in [0.5, 0.6) is 0 Å². The number of aliphatic hydroxyl groups excluding tert-OH is 1. The van der Waals surface area contributed by atoms with Gasteiger partial charge in [0.05, 0.1) is 23.4 Å². The van der Waals surface area contributed by atoms with E-state index >= 15 is 0 Å². The van der Waals surface area contributed by atoms with Crippen LogP contribution in [-0.4, -0.2) is 23.3 Å². The van der Waals surface area contributed by atoms with Crippen molar-refractivity contribution in [2.75, 3.05) is 5.32 Å². The van der Waals surface area contributed by atoms with Crippen molar-refractivity contribution in [1.82, 2.24) is 5.32 Å². The topological polar surface area (TPSA) is 61.4 Å². The quantitative estimate of drug-likeness (QED) is 0.786. The lowest BCUT2D eigenvalue weighted by Gasteiger charge is -2.28. The van der Waals surface area contributed by atoms with Crippen LogP contribution < -0.4 is 10.6 Å². The van der Waals surface area contributed by atoms with Gasteiger partial charge in [0.1, 0.15) is 0 Å². The van der Waals surface area contributed by atoms with Crippen molar-refractivity contribution < 1.29 is 23.1 Å². The molecule has 1 aromatic rings. The largest absolute Gasteiger partial charge is 0.418 e. The molecule has 0 aromatic heterocycles. The third kappa shape index (κ3) is 4.10. The van der Waals surface area contributed by atoms with E-state index in [9.17, 15) is 23.1 Å². The molecule has 0 heterocycles. The number of nitrogens with one attached hydrogen (secondary N) is 2. The fourth-order valence-electron chi connectivity index (χ4n) is 2.45. The van der Waals surface area contributed by atoms with Gasteiger partial charge < -0.3 is 15.7 Å². The third-order valence-corrected chi connectivity index (χ3v) is 3.53. The Morgan fingerprint density at radius 2 is 1.86 bits per heavy atom. The number of carbonyl (C=O) groups excluding carboxylic acids is 1. The van der Waals surface area contributed by atoms with E-state index in [1.165, 1.54) is 18.2 Å². The fraction of sp³-hybridized carbons (Fsp3) is 0.500. The molecule has 0 spiro atoms. The SMILES string of the molecule is O=C(Nc1ccccc1C(F)(F)F)N[C@H]1CCCC[C@@H]1O. The van der Waals surface area contributed by atoms with Crippen LogP contribution in [-0.2, 0) is 6.18 Å². The average Bonchev–Trinajstić information content (AvgIpc) is 2.41. The molecule has 7 heteroatoms. The summed E-state index contributed by atoms with van der Waals surface area (Å²) in [6.45, 7) is 0. The van der Waals surface area contributed by atoms with Crippen molar-refractivity contribution in [3.63, 3.8) is 0 Å². The van der Waals surface area contributed by atoms with Crippen LogP contribution in [0.1, 0.15) is 31.2 Å². The van der Waals surface area contributed by atoms with E-state index in [1.807, 2.05) is 0 Å². The minimum Gasteiger partial charge on any atom is -0.391 e. The van der Waals surface area contributed by atoms with E-state index in [0.29, 0.717) is 12.8 Å². The number of urea groups is 1.